The lowest BCUT2D eigenvalue weighted by molar-refractivity contribution is -0.133. The van der Waals surface area contributed by atoms with E-state index in [1.54, 1.807) is 12.3 Å². The number of benzene rings is 1. The first kappa shape index (κ1) is 16.4. The number of aromatic nitrogens is 1. The van der Waals surface area contributed by atoms with Gasteiger partial charge in [-0.25, -0.2) is 9.78 Å². The number of halogens is 1. The zero-order chi connectivity index (χ0) is 15.9. The van der Waals surface area contributed by atoms with Crippen LogP contribution in [0, 0.1) is 0 Å². The second-order valence-corrected chi connectivity index (χ2v) is 5.67. The Hall–Kier alpha value is -1.98. The number of pyridine rings is 1. The minimum Gasteiger partial charge on any atom is -0.503 e. The monoisotopic (exact) mass is 335 g/mol. The van der Waals surface area contributed by atoms with Crippen LogP contribution in [-0.4, -0.2) is 25.2 Å². The summed E-state index contributed by atoms with van der Waals surface area (Å²) in [7, 11) is 2.82. The summed E-state index contributed by atoms with van der Waals surface area (Å²) in [6.45, 7) is 0. The Bertz CT molecular complexity index is 686. The smallest absolute Gasteiger partial charge is 0.341 e. The Kier molecular flexibility index (Phi) is 5.86. The first-order valence-electron chi connectivity index (χ1n) is 6.35. The van der Waals surface area contributed by atoms with Crippen molar-refractivity contribution in [1.82, 2.24) is 4.98 Å². The molecule has 0 saturated heterocycles. The van der Waals surface area contributed by atoms with E-state index in [1.165, 1.54) is 32.2 Å². The second-order valence-electron chi connectivity index (χ2n) is 4.17. The van der Waals surface area contributed by atoms with Crippen LogP contribution in [0.2, 0.25) is 5.02 Å². The Morgan fingerprint density at radius 2 is 2.00 bits per heavy atom. The van der Waals surface area contributed by atoms with Crippen molar-refractivity contribution in [2.24, 2.45) is 0 Å². The van der Waals surface area contributed by atoms with Crippen LogP contribution >= 0.6 is 23.4 Å². The lowest BCUT2D eigenvalue weighted by Crippen LogP contribution is -2.05. The Labute approximate surface area is 138 Å². The van der Waals surface area contributed by atoms with E-state index in [0.29, 0.717) is 10.6 Å². The zero-order valence-corrected chi connectivity index (χ0v) is 13.6. The maximum absolute atomic E-state index is 11.9. The van der Waals surface area contributed by atoms with Crippen molar-refractivity contribution in [1.29, 1.82) is 0 Å². The molecule has 0 aliphatic carbocycles. The summed E-state index contributed by atoms with van der Waals surface area (Å²) < 4.78 is 9.81. The van der Waals surface area contributed by atoms with Gasteiger partial charge in [-0.05, 0) is 18.2 Å². The third-order valence-corrected chi connectivity index (χ3v) is 3.98. The lowest BCUT2D eigenvalue weighted by Gasteiger charge is -2.10. The number of hydrogen-bond acceptors (Lipinski definition) is 5. The Morgan fingerprint density at radius 1 is 1.23 bits per heavy atom. The predicted molar refractivity (Wildman–Crippen MR) is 86.8 cm³/mol. The number of methoxy groups -OCH3 is 2. The first-order valence-corrected chi connectivity index (χ1v) is 7.55. The van der Waals surface area contributed by atoms with Crippen LogP contribution in [0.4, 0.5) is 0 Å². The molecule has 0 saturated carbocycles. The molecule has 0 fully saturated rings. The average Bonchev–Trinajstić information content (AvgIpc) is 2.55. The summed E-state index contributed by atoms with van der Waals surface area (Å²) in [5.41, 5.74) is 1.07. The topological polar surface area (TPSA) is 48.4 Å². The van der Waals surface area contributed by atoms with Gasteiger partial charge in [0.25, 0.3) is 0 Å². The average molecular weight is 336 g/mol. The maximum Gasteiger partial charge on any atom is 0.341 e. The molecule has 0 unspecified atom stereocenters. The van der Waals surface area contributed by atoms with Crippen molar-refractivity contribution >= 4 is 34.9 Å². The summed E-state index contributed by atoms with van der Waals surface area (Å²) >= 11 is 7.27. The standard InChI is InChI=1S/C16H14ClNO3S/c1-20-10-13(16(19)21-2)12-5-3-4-6-14(12)22-15-8-7-11(17)9-18-15/h3-10H,1-2H3. The molecule has 0 radical (unpaired) electrons. The van der Waals surface area contributed by atoms with Crippen LogP contribution in [-0.2, 0) is 14.3 Å². The highest BCUT2D eigenvalue weighted by atomic mass is 35.5. The fourth-order valence-corrected chi connectivity index (χ4v) is 2.78. The summed E-state index contributed by atoms with van der Waals surface area (Å²) in [6.07, 6.45) is 2.96. The van der Waals surface area contributed by atoms with E-state index in [4.69, 9.17) is 21.1 Å². The van der Waals surface area contributed by atoms with Crippen LogP contribution in [0.15, 0.2) is 58.8 Å². The largest absolute Gasteiger partial charge is 0.503 e. The number of hydrogen-bond donors (Lipinski definition) is 0. The van der Waals surface area contributed by atoms with Crippen molar-refractivity contribution in [2.75, 3.05) is 14.2 Å². The molecule has 0 aliphatic heterocycles. The molecule has 6 heteroatoms. The minimum absolute atomic E-state index is 0.349. The van der Waals surface area contributed by atoms with Gasteiger partial charge in [-0.3, -0.25) is 0 Å². The molecule has 1 aromatic heterocycles. The second kappa shape index (κ2) is 7.87. The highest BCUT2D eigenvalue weighted by molar-refractivity contribution is 7.99. The minimum atomic E-state index is -0.459. The third-order valence-electron chi connectivity index (χ3n) is 2.73. The van der Waals surface area contributed by atoms with Gasteiger partial charge in [0.15, 0.2) is 0 Å². The number of carbonyl (C=O) groups is 1. The summed E-state index contributed by atoms with van der Waals surface area (Å²) in [6, 6.07) is 11.1. The van der Waals surface area contributed by atoms with Crippen LogP contribution in [0.1, 0.15) is 5.56 Å². The van der Waals surface area contributed by atoms with Gasteiger partial charge in [-0.15, -0.1) is 0 Å². The summed E-state index contributed by atoms with van der Waals surface area (Å²) in [4.78, 5) is 17.1. The van der Waals surface area contributed by atoms with Crippen molar-refractivity contribution in [3.63, 3.8) is 0 Å². The van der Waals surface area contributed by atoms with Crippen molar-refractivity contribution in [2.45, 2.75) is 9.92 Å². The van der Waals surface area contributed by atoms with E-state index >= 15 is 0 Å². The summed E-state index contributed by atoms with van der Waals surface area (Å²) in [5.74, 6) is -0.459. The molecule has 1 aromatic carbocycles. The summed E-state index contributed by atoms with van der Waals surface area (Å²) in [5, 5.41) is 1.35. The van der Waals surface area contributed by atoms with Gasteiger partial charge < -0.3 is 9.47 Å². The molecule has 0 spiro atoms. The van der Waals surface area contributed by atoms with Gasteiger partial charge in [-0.1, -0.05) is 41.6 Å². The third kappa shape index (κ3) is 4.02. The van der Waals surface area contributed by atoms with Crippen LogP contribution in [0.3, 0.4) is 0 Å². The lowest BCUT2D eigenvalue weighted by atomic mass is 10.1. The van der Waals surface area contributed by atoms with E-state index < -0.39 is 5.97 Å². The molecule has 22 heavy (non-hydrogen) atoms. The van der Waals surface area contributed by atoms with E-state index in [-0.39, 0.29) is 0 Å². The molecule has 1 heterocycles. The molecule has 0 atom stereocenters. The molecule has 0 amide bonds. The fourth-order valence-electron chi connectivity index (χ4n) is 1.76. The van der Waals surface area contributed by atoms with Crippen molar-refractivity contribution in [3.05, 3.63) is 59.4 Å². The number of esters is 1. The van der Waals surface area contributed by atoms with Gasteiger partial charge in [-0.2, -0.15) is 0 Å². The Morgan fingerprint density at radius 3 is 2.64 bits per heavy atom. The fraction of sp³-hybridized carbons (Fsp3) is 0.125. The first-order chi connectivity index (χ1) is 10.7. The van der Waals surface area contributed by atoms with Gasteiger partial charge in [0.2, 0.25) is 0 Å². The number of rotatable bonds is 5. The number of nitrogens with zero attached hydrogens (tertiary/aromatic N) is 1. The molecule has 0 aliphatic rings. The van der Waals surface area contributed by atoms with Crippen LogP contribution < -0.4 is 0 Å². The van der Waals surface area contributed by atoms with Gasteiger partial charge in [0.1, 0.15) is 10.6 Å². The molecule has 114 valence electrons. The highest BCUT2D eigenvalue weighted by Gasteiger charge is 2.17. The SMILES string of the molecule is COC=C(C(=O)OC)c1ccccc1Sc1ccc(Cl)cn1. The normalized spacial score (nSPS) is 11.1. The number of ether oxygens (including phenoxy) is 2. The van der Waals surface area contributed by atoms with E-state index in [2.05, 4.69) is 4.98 Å². The molecular weight excluding hydrogens is 322 g/mol. The maximum atomic E-state index is 11.9. The van der Waals surface area contributed by atoms with Gasteiger partial charge in [0.05, 0.1) is 25.5 Å². The molecule has 0 N–H and O–H groups in total. The zero-order valence-electron chi connectivity index (χ0n) is 12.1. The number of carbonyl (C=O) groups excluding carboxylic acids is 1. The molecule has 2 rings (SSSR count). The Balaban J connectivity index is 2.39. The van der Waals surface area contributed by atoms with Crippen LogP contribution in [0.25, 0.3) is 5.57 Å². The highest BCUT2D eigenvalue weighted by Crippen LogP contribution is 2.33. The quantitative estimate of drug-likeness (QED) is 0.469. The predicted octanol–water partition coefficient (Wildman–Crippen LogP) is 4.05. The van der Waals surface area contributed by atoms with Crippen molar-refractivity contribution in [3.8, 4) is 0 Å². The van der Waals surface area contributed by atoms with E-state index in [1.807, 2.05) is 30.3 Å². The van der Waals surface area contributed by atoms with Gasteiger partial charge in [0, 0.05) is 16.7 Å². The molecule has 0 bridgehead atoms. The van der Waals surface area contributed by atoms with Gasteiger partial charge >= 0.3 is 5.97 Å². The van der Waals surface area contributed by atoms with Crippen LogP contribution in [0.5, 0.6) is 0 Å². The van der Waals surface area contributed by atoms with E-state index in [9.17, 15) is 4.79 Å². The molecule has 4 nitrogen and oxygen atoms in total. The molecular formula is C16H14ClNO3S. The molecule has 2 aromatic rings. The van der Waals surface area contributed by atoms with E-state index in [0.717, 1.165) is 15.5 Å². The van der Waals surface area contributed by atoms with Crippen molar-refractivity contribution < 1.29 is 14.3 Å².